The average Bonchev–Trinajstić information content (AvgIpc) is 2.22. The molecule has 0 aromatic carbocycles. The van der Waals surface area contributed by atoms with Crippen molar-refractivity contribution in [2.75, 3.05) is 11.1 Å². The third-order valence-electron chi connectivity index (χ3n) is 3.31. The Balaban J connectivity index is 2.07. The van der Waals surface area contributed by atoms with Crippen LogP contribution in [0.2, 0.25) is 5.02 Å². The maximum Gasteiger partial charge on any atom is 0.222 e. The van der Waals surface area contributed by atoms with Gasteiger partial charge in [0.1, 0.15) is 5.02 Å². The highest BCUT2D eigenvalue weighted by Crippen LogP contribution is 2.36. The quantitative estimate of drug-likeness (QED) is 0.851. The minimum Gasteiger partial charge on any atom is -0.368 e. The number of nitrogen functional groups attached to an aromatic ring is 1. The molecule has 5 heteroatoms. The van der Waals surface area contributed by atoms with Crippen molar-refractivity contribution in [3.05, 3.63) is 11.2 Å². The number of hydrogen-bond donors (Lipinski definition) is 2. The van der Waals surface area contributed by atoms with Crippen molar-refractivity contribution in [2.45, 2.75) is 45.6 Å². The number of aromatic nitrogens is 2. The molecule has 1 unspecified atom stereocenters. The first kappa shape index (κ1) is 12.4. The highest BCUT2D eigenvalue weighted by Gasteiger charge is 2.28. The van der Waals surface area contributed by atoms with Gasteiger partial charge in [0.15, 0.2) is 5.82 Å². The van der Waals surface area contributed by atoms with Crippen LogP contribution in [0.1, 0.15) is 39.5 Å². The maximum absolute atomic E-state index is 6.04. The van der Waals surface area contributed by atoms with E-state index in [1.807, 2.05) is 0 Å². The summed E-state index contributed by atoms with van der Waals surface area (Å²) in [6.45, 7) is 4.60. The molecule has 0 aliphatic heterocycles. The summed E-state index contributed by atoms with van der Waals surface area (Å²) >= 11 is 6.04. The molecular formula is C12H19ClN4. The molecule has 94 valence electrons. The fourth-order valence-corrected chi connectivity index (χ4v) is 2.64. The van der Waals surface area contributed by atoms with Crippen molar-refractivity contribution in [2.24, 2.45) is 5.41 Å². The van der Waals surface area contributed by atoms with Gasteiger partial charge in [0, 0.05) is 6.04 Å². The van der Waals surface area contributed by atoms with Crippen LogP contribution in [-0.2, 0) is 0 Å². The number of nitrogens with zero attached hydrogens (tertiary/aromatic N) is 2. The van der Waals surface area contributed by atoms with E-state index in [4.69, 9.17) is 17.3 Å². The van der Waals surface area contributed by atoms with E-state index in [-0.39, 0.29) is 5.95 Å². The predicted molar refractivity (Wildman–Crippen MR) is 71.1 cm³/mol. The van der Waals surface area contributed by atoms with Gasteiger partial charge in [-0.2, -0.15) is 4.98 Å². The molecular weight excluding hydrogens is 236 g/mol. The fraction of sp³-hybridized carbons (Fsp3) is 0.667. The molecule has 0 bridgehead atoms. The Morgan fingerprint density at radius 1 is 1.53 bits per heavy atom. The summed E-state index contributed by atoms with van der Waals surface area (Å²) in [6.07, 6.45) is 6.35. The highest BCUT2D eigenvalue weighted by atomic mass is 35.5. The standard InChI is InChI=1S/C12H19ClN4/c1-12(2)5-3-4-8(6-12)16-10-9(13)7-15-11(14)17-10/h7-8H,3-6H2,1-2H3,(H3,14,15,16,17). The lowest BCUT2D eigenvalue weighted by Gasteiger charge is -2.35. The second-order valence-electron chi connectivity index (χ2n) is 5.53. The molecule has 0 saturated heterocycles. The van der Waals surface area contributed by atoms with Crippen LogP contribution in [0.3, 0.4) is 0 Å². The van der Waals surface area contributed by atoms with Crippen LogP contribution in [0.4, 0.5) is 11.8 Å². The van der Waals surface area contributed by atoms with E-state index in [2.05, 4.69) is 29.1 Å². The smallest absolute Gasteiger partial charge is 0.222 e. The molecule has 0 radical (unpaired) electrons. The van der Waals surface area contributed by atoms with Crippen molar-refractivity contribution >= 4 is 23.4 Å². The SMILES string of the molecule is CC1(C)CCCC(Nc2nc(N)ncc2Cl)C1. The summed E-state index contributed by atoms with van der Waals surface area (Å²) in [4.78, 5) is 7.99. The maximum atomic E-state index is 6.04. The molecule has 1 aromatic heterocycles. The van der Waals surface area contributed by atoms with Crippen molar-refractivity contribution in [3.8, 4) is 0 Å². The Labute approximate surface area is 107 Å². The molecule has 0 spiro atoms. The summed E-state index contributed by atoms with van der Waals surface area (Å²) in [6, 6.07) is 0.422. The average molecular weight is 255 g/mol. The van der Waals surface area contributed by atoms with Crippen molar-refractivity contribution in [1.29, 1.82) is 0 Å². The van der Waals surface area contributed by atoms with Crippen LogP contribution < -0.4 is 11.1 Å². The van der Waals surface area contributed by atoms with Crippen molar-refractivity contribution < 1.29 is 0 Å². The van der Waals surface area contributed by atoms with Gasteiger partial charge >= 0.3 is 0 Å². The summed E-state index contributed by atoms with van der Waals surface area (Å²) in [5, 5.41) is 3.91. The van der Waals surface area contributed by atoms with E-state index in [1.54, 1.807) is 6.20 Å². The van der Waals surface area contributed by atoms with E-state index in [9.17, 15) is 0 Å². The van der Waals surface area contributed by atoms with Gasteiger partial charge in [-0.05, 0) is 24.7 Å². The third-order valence-corrected chi connectivity index (χ3v) is 3.59. The van der Waals surface area contributed by atoms with Crippen LogP contribution in [0.15, 0.2) is 6.20 Å². The second kappa shape index (κ2) is 4.69. The minimum absolute atomic E-state index is 0.256. The molecule has 1 aromatic rings. The van der Waals surface area contributed by atoms with E-state index >= 15 is 0 Å². The van der Waals surface area contributed by atoms with E-state index in [0.29, 0.717) is 22.3 Å². The lowest BCUT2D eigenvalue weighted by molar-refractivity contribution is 0.229. The Hall–Kier alpha value is -1.03. The predicted octanol–water partition coefficient (Wildman–Crippen LogP) is 3.09. The van der Waals surface area contributed by atoms with Gasteiger partial charge in [-0.3, -0.25) is 0 Å². The molecule has 1 fully saturated rings. The number of halogens is 1. The molecule has 2 rings (SSSR count). The molecule has 1 heterocycles. The minimum atomic E-state index is 0.256. The fourth-order valence-electron chi connectivity index (χ4n) is 2.50. The van der Waals surface area contributed by atoms with Gasteiger partial charge in [0.2, 0.25) is 5.95 Å². The van der Waals surface area contributed by atoms with Crippen molar-refractivity contribution in [3.63, 3.8) is 0 Å². The molecule has 1 saturated carbocycles. The Kier molecular flexibility index (Phi) is 3.43. The first-order valence-corrected chi connectivity index (χ1v) is 6.39. The summed E-state index contributed by atoms with van der Waals surface area (Å²) in [5.41, 5.74) is 5.95. The molecule has 1 aliphatic carbocycles. The molecule has 17 heavy (non-hydrogen) atoms. The second-order valence-corrected chi connectivity index (χ2v) is 5.93. The summed E-state index contributed by atoms with van der Waals surface area (Å²) in [7, 11) is 0. The number of anilines is 2. The van der Waals surface area contributed by atoms with Gasteiger partial charge in [-0.1, -0.05) is 31.9 Å². The van der Waals surface area contributed by atoms with Gasteiger partial charge in [-0.25, -0.2) is 4.98 Å². The summed E-state index contributed by atoms with van der Waals surface area (Å²) in [5.74, 6) is 0.911. The zero-order chi connectivity index (χ0) is 12.5. The monoisotopic (exact) mass is 254 g/mol. The van der Waals surface area contributed by atoms with E-state index in [1.165, 1.54) is 12.8 Å². The van der Waals surface area contributed by atoms with Gasteiger partial charge in [0.05, 0.1) is 6.20 Å². The van der Waals surface area contributed by atoms with E-state index < -0.39 is 0 Å². The van der Waals surface area contributed by atoms with Crippen LogP contribution in [0.25, 0.3) is 0 Å². The van der Waals surface area contributed by atoms with Gasteiger partial charge in [0.25, 0.3) is 0 Å². The van der Waals surface area contributed by atoms with Crippen LogP contribution in [-0.4, -0.2) is 16.0 Å². The topological polar surface area (TPSA) is 63.8 Å². The lowest BCUT2D eigenvalue weighted by Crippen LogP contribution is -2.32. The number of hydrogen-bond acceptors (Lipinski definition) is 4. The Morgan fingerprint density at radius 2 is 2.29 bits per heavy atom. The molecule has 4 nitrogen and oxygen atoms in total. The van der Waals surface area contributed by atoms with Gasteiger partial charge in [-0.15, -0.1) is 0 Å². The number of nitrogens with two attached hydrogens (primary N) is 1. The first-order valence-electron chi connectivity index (χ1n) is 6.01. The first-order chi connectivity index (χ1) is 7.96. The summed E-state index contributed by atoms with van der Waals surface area (Å²) < 4.78 is 0. The Morgan fingerprint density at radius 3 is 3.00 bits per heavy atom. The third kappa shape index (κ3) is 3.22. The van der Waals surface area contributed by atoms with Crippen LogP contribution in [0, 0.1) is 5.41 Å². The van der Waals surface area contributed by atoms with E-state index in [0.717, 1.165) is 12.8 Å². The van der Waals surface area contributed by atoms with Crippen molar-refractivity contribution in [1.82, 2.24) is 9.97 Å². The largest absolute Gasteiger partial charge is 0.368 e. The van der Waals surface area contributed by atoms with Crippen LogP contribution in [0.5, 0.6) is 0 Å². The number of nitrogens with one attached hydrogen (secondary N) is 1. The van der Waals surface area contributed by atoms with Gasteiger partial charge < -0.3 is 11.1 Å². The molecule has 1 atom stereocenters. The Bertz CT molecular complexity index is 405. The molecule has 1 aliphatic rings. The zero-order valence-corrected chi connectivity index (χ0v) is 11.1. The lowest BCUT2D eigenvalue weighted by atomic mass is 9.75. The zero-order valence-electron chi connectivity index (χ0n) is 10.3. The normalized spacial score (nSPS) is 23.4. The number of rotatable bonds is 2. The van der Waals surface area contributed by atoms with Crippen LogP contribution >= 0.6 is 11.6 Å². The molecule has 3 N–H and O–H groups in total. The molecule has 0 amide bonds. The highest BCUT2D eigenvalue weighted by molar-refractivity contribution is 6.32.